The fraction of sp³-hybridized carbons (Fsp3) is 0.600. The number of hydrogen-bond acceptors (Lipinski definition) is 7. The minimum Gasteiger partial charge on any atom is -0.497 e. The molecule has 2 unspecified atom stereocenters. The van der Waals surface area contributed by atoms with Crippen LogP contribution in [0.1, 0.15) is 25.7 Å². The molecule has 0 aliphatic carbocycles. The van der Waals surface area contributed by atoms with Gasteiger partial charge in [-0.05, 0) is 37.8 Å². The van der Waals surface area contributed by atoms with Crippen molar-refractivity contribution in [2.75, 3.05) is 44.5 Å². The van der Waals surface area contributed by atoms with Crippen LogP contribution in [0.2, 0.25) is 0 Å². The molecule has 3 heterocycles. The zero-order chi connectivity index (χ0) is 21.3. The van der Waals surface area contributed by atoms with Crippen LogP contribution < -0.4 is 9.64 Å². The van der Waals surface area contributed by atoms with Crippen molar-refractivity contribution in [1.29, 1.82) is 0 Å². The maximum Gasteiger partial charge on any atom is 0.233 e. The number of benzene rings is 1. The van der Waals surface area contributed by atoms with Gasteiger partial charge < -0.3 is 9.47 Å². The number of methoxy groups -OCH3 is 1. The number of sulfonamides is 1. The van der Waals surface area contributed by atoms with Crippen LogP contribution in [0.4, 0.5) is 5.13 Å². The standard InChI is InChI=1S/C20H27N3O5S2/c1-27-15-7-8-18-17(11-15)21-20(29-18)23(13-16-6-4-10-28-16)19(24)14-5-3-9-22(12-14)30(2,25)26/h7-8,11,14,16H,3-6,9-10,12-13H2,1-2H3. The molecule has 0 spiro atoms. The van der Waals surface area contributed by atoms with E-state index in [0.29, 0.717) is 43.4 Å². The Hall–Kier alpha value is -1.75. The summed E-state index contributed by atoms with van der Waals surface area (Å²) < 4.78 is 37.5. The van der Waals surface area contributed by atoms with Crippen LogP contribution in [0.3, 0.4) is 0 Å². The van der Waals surface area contributed by atoms with Gasteiger partial charge in [-0.2, -0.15) is 0 Å². The molecule has 0 bridgehead atoms. The molecule has 1 aromatic carbocycles. The van der Waals surface area contributed by atoms with Crippen LogP contribution in [0.5, 0.6) is 5.75 Å². The summed E-state index contributed by atoms with van der Waals surface area (Å²) in [6.07, 6.45) is 4.41. The molecule has 1 amide bonds. The molecule has 2 aliphatic rings. The number of hydrogen-bond donors (Lipinski definition) is 0. The minimum atomic E-state index is -3.32. The number of piperidine rings is 1. The third-order valence-electron chi connectivity index (χ3n) is 5.69. The highest BCUT2D eigenvalue weighted by Gasteiger charge is 2.35. The first-order valence-electron chi connectivity index (χ1n) is 10.2. The Bertz CT molecular complexity index is 1020. The van der Waals surface area contributed by atoms with E-state index >= 15 is 0 Å². The lowest BCUT2D eigenvalue weighted by Gasteiger charge is -2.33. The van der Waals surface area contributed by atoms with Gasteiger partial charge in [-0.25, -0.2) is 17.7 Å². The SMILES string of the molecule is COc1ccc2sc(N(CC3CCCO3)C(=O)C3CCCN(S(C)(=O)=O)C3)nc2c1. The zero-order valence-electron chi connectivity index (χ0n) is 17.2. The van der Waals surface area contributed by atoms with Crippen molar-refractivity contribution in [1.82, 2.24) is 9.29 Å². The molecule has 2 atom stereocenters. The molecule has 2 aliphatic heterocycles. The summed E-state index contributed by atoms with van der Waals surface area (Å²) in [6.45, 7) is 1.83. The number of carbonyl (C=O) groups is 1. The molecule has 0 saturated carbocycles. The fourth-order valence-electron chi connectivity index (χ4n) is 4.06. The number of anilines is 1. The lowest BCUT2D eigenvalue weighted by Crippen LogP contribution is -2.48. The van der Waals surface area contributed by atoms with Crippen molar-refractivity contribution < 1.29 is 22.7 Å². The van der Waals surface area contributed by atoms with Crippen LogP contribution in [0.15, 0.2) is 18.2 Å². The molecule has 0 N–H and O–H groups in total. The van der Waals surface area contributed by atoms with E-state index in [2.05, 4.69) is 0 Å². The average Bonchev–Trinajstić information content (AvgIpc) is 3.39. The summed E-state index contributed by atoms with van der Waals surface area (Å²) in [6, 6.07) is 5.67. The molecule has 10 heteroatoms. The van der Waals surface area contributed by atoms with Crippen molar-refractivity contribution in [3.63, 3.8) is 0 Å². The Labute approximate surface area is 180 Å². The van der Waals surface area contributed by atoms with Gasteiger partial charge >= 0.3 is 0 Å². The normalized spacial score (nSPS) is 23.0. The second-order valence-corrected chi connectivity index (χ2v) is 10.9. The number of fused-ring (bicyclic) bond motifs is 1. The predicted octanol–water partition coefficient (Wildman–Crippen LogP) is 2.49. The van der Waals surface area contributed by atoms with E-state index in [4.69, 9.17) is 14.5 Å². The van der Waals surface area contributed by atoms with Crippen LogP contribution >= 0.6 is 11.3 Å². The van der Waals surface area contributed by atoms with Gasteiger partial charge in [0.15, 0.2) is 5.13 Å². The van der Waals surface area contributed by atoms with E-state index in [0.717, 1.165) is 23.1 Å². The van der Waals surface area contributed by atoms with E-state index in [1.807, 2.05) is 18.2 Å². The van der Waals surface area contributed by atoms with Crippen LogP contribution in [0, 0.1) is 5.92 Å². The zero-order valence-corrected chi connectivity index (χ0v) is 18.9. The third-order valence-corrected chi connectivity index (χ3v) is 8.02. The molecule has 1 aromatic heterocycles. The van der Waals surface area contributed by atoms with Gasteiger partial charge in [0.05, 0.1) is 42.1 Å². The first-order chi connectivity index (χ1) is 14.3. The highest BCUT2D eigenvalue weighted by molar-refractivity contribution is 7.88. The number of ether oxygens (including phenoxy) is 2. The highest BCUT2D eigenvalue weighted by Crippen LogP contribution is 2.33. The number of carbonyl (C=O) groups excluding carboxylic acids is 1. The van der Waals surface area contributed by atoms with Crippen molar-refractivity contribution in [3.8, 4) is 5.75 Å². The van der Waals surface area contributed by atoms with Gasteiger partial charge in [0.25, 0.3) is 0 Å². The number of rotatable bonds is 6. The highest BCUT2D eigenvalue weighted by atomic mass is 32.2. The van der Waals surface area contributed by atoms with Gasteiger partial charge in [-0.1, -0.05) is 11.3 Å². The molecule has 2 fully saturated rings. The van der Waals surface area contributed by atoms with Crippen molar-refractivity contribution in [2.45, 2.75) is 31.8 Å². The maximum atomic E-state index is 13.5. The molecular weight excluding hydrogens is 426 g/mol. The summed E-state index contributed by atoms with van der Waals surface area (Å²) in [5.41, 5.74) is 0.779. The molecular formula is C20H27N3O5S2. The number of aromatic nitrogens is 1. The number of amides is 1. The second kappa shape index (κ2) is 8.78. The Morgan fingerprint density at radius 3 is 2.90 bits per heavy atom. The molecule has 8 nitrogen and oxygen atoms in total. The third kappa shape index (κ3) is 4.61. The Morgan fingerprint density at radius 2 is 2.20 bits per heavy atom. The van der Waals surface area contributed by atoms with E-state index in [9.17, 15) is 13.2 Å². The summed E-state index contributed by atoms with van der Waals surface area (Å²) in [5, 5.41) is 0.621. The topological polar surface area (TPSA) is 89.0 Å². The smallest absolute Gasteiger partial charge is 0.233 e. The minimum absolute atomic E-state index is 0.0231. The molecule has 2 aromatic rings. The van der Waals surface area contributed by atoms with Crippen LogP contribution in [0.25, 0.3) is 10.2 Å². The first kappa shape index (κ1) is 21.5. The molecule has 164 valence electrons. The van der Waals surface area contributed by atoms with Crippen LogP contribution in [-0.2, 0) is 19.6 Å². The van der Waals surface area contributed by atoms with Gasteiger partial charge in [0.2, 0.25) is 15.9 Å². The summed E-state index contributed by atoms with van der Waals surface area (Å²) in [4.78, 5) is 20.0. The quantitative estimate of drug-likeness (QED) is 0.668. The molecule has 2 saturated heterocycles. The Balaban J connectivity index is 1.63. The Morgan fingerprint density at radius 1 is 1.37 bits per heavy atom. The van der Waals surface area contributed by atoms with E-state index in [1.54, 1.807) is 12.0 Å². The summed E-state index contributed by atoms with van der Waals surface area (Å²) in [5.74, 6) is 0.258. The fourth-order valence-corrected chi connectivity index (χ4v) is 5.93. The van der Waals surface area contributed by atoms with E-state index in [1.165, 1.54) is 21.9 Å². The van der Waals surface area contributed by atoms with Gasteiger partial charge in [-0.3, -0.25) is 9.69 Å². The lowest BCUT2D eigenvalue weighted by molar-refractivity contribution is -0.123. The monoisotopic (exact) mass is 453 g/mol. The summed E-state index contributed by atoms with van der Waals surface area (Å²) >= 11 is 1.46. The second-order valence-electron chi connectivity index (χ2n) is 7.87. The largest absolute Gasteiger partial charge is 0.497 e. The van der Waals surface area contributed by atoms with Gasteiger partial charge in [0, 0.05) is 25.8 Å². The Kier molecular flexibility index (Phi) is 6.29. The lowest BCUT2D eigenvalue weighted by atomic mass is 9.98. The number of thiazole rings is 1. The average molecular weight is 454 g/mol. The van der Waals surface area contributed by atoms with E-state index in [-0.39, 0.29) is 24.5 Å². The number of nitrogens with zero attached hydrogens (tertiary/aromatic N) is 3. The first-order valence-corrected chi connectivity index (χ1v) is 12.8. The summed E-state index contributed by atoms with van der Waals surface area (Å²) in [7, 11) is -1.71. The van der Waals surface area contributed by atoms with Gasteiger partial charge in [-0.15, -0.1) is 0 Å². The predicted molar refractivity (Wildman–Crippen MR) is 117 cm³/mol. The van der Waals surface area contributed by atoms with Gasteiger partial charge in [0.1, 0.15) is 5.75 Å². The van der Waals surface area contributed by atoms with Crippen molar-refractivity contribution in [2.24, 2.45) is 5.92 Å². The molecule has 0 radical (unpaired) electrons. The van der Waals surface area contributed by atoms with Crippen LogP contribution in [-0.4, -0.2) is 69.3 Å². The van der Waals surface area contributed by atoms with Crippen molar-refractivity contribution in [3.05, 3.63) is 18.2 Å². The molecule has 30 heavy (non-hydrogen) atoms. The maximum absolute atomic E-state index is 13.5. The van der Waals surface area contributed by atoms with Crippen molar-refractivity contribution >= 4 is 42.6 Å². The molecule has 4 rings (SSSR count). The van der Waals surface area contributed by atoms with E-state index < -0.39 is 10.0 Å².